The van der Waals surface area contributed by atoms with E-state index in [9.17, 15) is 9.59 Å². The van der Waals surface area contributed by atoms with Crippen LogP contribution in [0.1, 0.15) is 31.1 Å². The van der Waals surface area contributed by atoms with Gasteiger partial charge in [0.2, 0.25) is 0 Å². The molecule has 116 valence electrons. The highest BCUT2D eigenvalue weighted by atomic mass is 16.5. The highest BCUT2D eigenvalue weighted by Gasteiger charge is 2.13. The lowest BCUT2D eigenvalue weighted by molar-refractivity contribution is -0.124. The van der Waals surface area contributed by atoms with E-state index in [1.54, 1.807) is 25.1 Å². The van der Waals surface area contributed by atoms with Gasteiger partial charge in [0.1, 0.15) is 0 Å². The first-order valence-electron chi connectivity index (χ1n) is 6.95. The van der Waals surface area contributed by atoms with Gasteiger partial charge in [0.05, 0.1) is 18.8 Å². The van der Waals surface area contributed by atoms with Crippen molar-refractivity contribution < 1.29 is 23.8 Å². The minimum absolute atomic E-state index is 0.302. The molecule has 0 unspecified atom stereocenters. The molecule has 0 aliphatic rings. The SMILES string of the molecule is CCNC(=O)COC(=O)c1ccc(OCC)c(OCC)c1. The van der Waals surface area contributed by atoms with Crippen molar-refractivity contribution in [3.05, 3.63) is 23.8 Å². The molecule has 0 saturated carbocycles. The lowest BCUT2D eigenvalue weighted by atomic mass is 10.2. The number of benzene rings is 1. The normalized spacial score (nSPS) is 9.86. The maximum atomic E-state index is 11.9. The summed E-state index contributed by atoms with van der Waals surface area (Å²) in [4.78, 5) is 23.1. The van der Waals surface area contributed by atoms with Crippen molar-refractivity contribution in [3.8, 4) is 11.5 Å². The Labute approximate surface area is 124 Å². The topological polar surface area (TPSA) is 73.9 Å². The van der Waals surface area contributed by atoms with Gasteiger partial charge in [0.25, 0.3) is 5.91 Å². The number of esters is 1. The van der Waals surface area contributed by atoms with Crippen LogP contribution in [-0.2, 0) is 9.53 Å². The molecule has 6 nitrogen and oxygen atoms in total. The number of carbonyl (C=O) groups is 2. The molecule has 1 aromatic carbocycles. The second kappa shape index (κ2) is 8.84. The van der Waals surface area contributed by atoms with Gasteiger partial charge in [-0.1, -0.05) is 0 Å². The van der Waals surface area contributed by atoms with Crippen LogP contribution in [0.15, 0.2) is 18.2 Å². The van der Waals surface area contributed by atoms with E-state index in [0.29, 0.717) is 36.8 Å². The second-order valence-corrected chi connectivity index (χ2v) is 4.06. The van der Waals surface area contributed by atoms with Crippen LogP contribution in [-0.4, -0.2) is 38.2 Å². The van der Waals surface area contributed by atoms with Gasteiger partial charge in [0, 0.05) is 6.54 Å². The highest BCUT2D eigenvalue weighted by Crippen LogP contribution is 2.28. The zero-order valence-corrected chi connectivity index (χ0v) is 12.6. The van der Waals surface area contributed by atoms with E-state index in [-0.39, 0.29) is 12.5 Å². The molecule has 0 spiro atoms. The smallest absolute Gasteiger partial charge is 0.338 e. The molecular formula is C15H21NO5. The van der Waals surface area contributed by atoms with Gasteiger partial charge < -0.3 is 19.5 Å². The Morgan fingerprint density at radius 3 is 2.33 bits per heavy atom. The van der Waals surface area contributed by atoms with Crippen LogP contribution >= 0.6 is 0 Å². The molecule has 1 amide bonds. The minimum Gasteiger partial charge on any atom is -0.490 e. The van der Waals surface area contributed by atoms with Gasteiger partial charge >= 0.3 is 5.97 Å². The van der Waals surface area contributed by atoms with Crippen molar-refractivity contribution in [3.63, 3.8) is 0 Å². The Balaban J connectivity index is 2.75. The number of carbonyl (C=O) groups excluding carboxylic acids is 2. The molecule has 21 heavy (non-hydrogen) atoms. The quantitative estimate of drug-likeness (QED) is 0.740. The lowest BCUT2D eigenvalue weighted by Gasteiger charge is -2.12. The van der Waals surface area contributed by atoms with Gasteiger partial charge in [0.15, 0.2) is 18.1 Å². The minimum atomic E-state index is -0.578. The van der Waals surface area contributed by atoms with E-state index in [4.69, 9.17) is 14.2 Å². The Hall–Kier alpha value is -2.24. The summed E-state index contributed by atoms with van der Waals surface area (Å²) < 4.78 is 15.8. The lowest BCUT2D eigenvalue weighted by Crippen LogP contribution is -2.28. The first-order chi connectivity index (χ1) is 10.1. The zero-order valence-electron chi connectivity index (χ0n) is 12.6. The van der Waals surface area contributed by atoms with Crippen LogP contribution in [0.25, 0.3) is 0 Å². The van der Waals surface area contributed by atoms with E-state index >= 15 is 0 Å². The highest BCUT2D eigenvalue weighted by molar-refractivity contribution is 5.92. The van der Waals surface area contributed by atoms with Gasteiger partial charge in [-0.25, -0.2) is 4.79 Å². The Bertz CT molecular complexity index is 487. The van der Waals surface area contributed by atoms with Crippen LogP contribution in [0, 0.1) is 0 Å². The molecule has 0 aliphatic carbocycles. The van der Waals surface area contributed by atoms with Crippen molar-refractivity contribution in [2.45, 2.75) is 20.8 Å². The first-order valence-corrected chi connectivity index (χ1v) is 6.95. The third kappa shape index (κ3) is 5.33. The zero-order chi connectivity index (χ0) is 15.7. The van der Waals surface area contributed by atoms with Crippen molar-refractivity contribution in [2.75, 3.05) is 26.4 Å². The van der Waals surface area contributed by atoms with E-state index in [1.807, 2.05) is 13.8 Å². The average molecular weight is 295 g/mol. The molecule has 0 radical (unpaired) electrons. The third-order valence-corrected chi connectivity index (χ3v) is 2.49. The maximum absolute atomic E-state index is 11.9. The molecule has 1 N–H and O–H groups in total. The molecule has 0 bridgehead atoms. The monoisotopic (exact) mass is 295 g/mol. The molecule has 0 atom stereocenters. The Morgan fingerprint density at radius 2 is 1.71 bits per heavy atom. The van der Waals surface area contributed by atoms with Crippen molar-refractivity contribution in [1.82, 2.24) is 5.32 Å². The van der Waals surface area contributed by atoms with E-state index in [0.717, 1.165) is 0 Å². The van der Waals surface area contributed by atoms with E-state index in [2.05, 4.69) is 5.32 Å². The molecule has 0 aliphatic heterocycles. The van der Waals surface area contributed by atoms with Gasteiger partial charge in [-0.05, 0) is 39.0 Å². The number of amides is 1. The summed E-state index contributed by atoms with van der Waals surface area (Å²) in [6, 6.07) is 4.78. The van der Waals surface area contributed by atoms with Crippen LogP contribution < -0.4 is 14.8 Å². The molecule has 1 rings (SSSR count). The largest absolute Gasteiger partial charge is 0.490 e. The third-order valence-electron chi connectivity index (χ3n) is 2.49. The summed E-state index contributed by atoms with van der Waals surface area (Å²) in [5, 5.41) is 2.55. The molecular weight excluding hydrogens is 274 g/mol. The summed E-state index contributed by atoms with van der Waals surface area (Å²) in [5.41, 5.74) is 0.311. The van der Waals surface area contributed by atoms with Crippen LogP contribution in [0.5, 0.6) is 11.5 Å². The van der Waals surface area contributed by atoms with E-state index < -0.39 is 5.97 Å². The first kappa shape index (κ1) is 16.8. The van der Waals surface area contributed by atoms with Gasteiger partial charge in [-0.15, -0.1) is 0 Å². The summed E-state index contributed by atoms with van der Waals surface area (Å²) >= 11 is 0. The summed E-state index contributed by atoms with van der Waals surface area (Å²) in [5.74, 6) is 0.138. The number of rotatable bonds is 8. The Kier molecular flexibility index (Phi) is 7.08. The molecule has 0 fully saturated rings. The maximum Gasteiger partial charge on any atom is 0.338 e. The predicted octanol–water partition coefficient (Wildman–Crippen LogP) is 1.78. The fourth-order valence-electron chi connectivity index (χ4n) is 1.64. The predicted molar refractivity (Wildman–Crippen MR) is 77.7 cm³/mol. The number of nitrogens with one attached hydrogen (secondary N) is 1. The van der Waals surface area contributed by atoms with Gasteiger partial charge in [-0.3, -0.25) is 4.79 Å². The number of hydrogen-bond donors (Lipinski definition) is 1. The van der Waals surface area contributed by atoms with Crippen molar-refractivity contribution in [1.29, 1.82) is 0 Å². The number of hydrogen-bond acceptors (Lipinski definition) is 5. The molecule has 1 aromatic rings. The number of likely N-dealkylation sites (N-methyl/N-ethyl adjacent to an activating group) is 1. The summed E-state index contributed by atoms with van der Waals surface area (Å²) in [6.07, 6.45) is 0. The Morgan fingerprint density at radius 1 is 1.05 bits per heavy atom. The van der Waals surface area contributed by atoms with Crippen molar-refractivity contribution in [2.24, 2.45) is 0 Å². The molecule has 0 aromatic heterocycles. The molecule has 0 heterocycles. The van der Waals surface area contributed by atoms with E-state index in [1.165, 1.54) is 0 Å². The number of ether oxygens (including phenoxy) is 3. The summed E-state index contributed by atoms with van der Waals surface area (Å²) in [6.45, 7) is 6.65. The fraction of sp³-hybridized carbons (Fsp3) is 0.467. The van der Waals surface area contributed by atoms with Crippen LogP contribution in [0.2, 0.25) is 0 Å². The molecule has 0 saturated heterocycles. The van der Waals surface area contributed by atoms with Crippen LogP contribution in [0.4, 0.5) is 0 Å². The average Bonchev–Trinajstić information content (AvgIpc) is 2.47. The van der Waals surface area contributed by atoms with Gasteiger partial charge in [-0.2, -0.15) is 0 Å². The standard InChI is InChI=1S/C15H21NO5/c1-4-16-14(17)10-21-15(18)11-7-8-12(19-5-2)13(9-11)20-6-3/h7-9H,4-6,10H2,1-3H3,(H,16,17). The van der Waals surface area contributed by atoms with Crippen molar-refractivity contribution >= 4 is 11.9 Å². The summed E-state index contributed by atoms with van der Waals surface area (Å²) in [7, 11) is 0. The fourth-order valence-corrected chi connectivity index (χ4v) is 1.64. The molecule has 6 heteroatoms. The second-order valence-electron chi connectivity index (χ2n) is 4.06. The van der Waals surface area contributed by atoms with Crippen LogP contribution in [0.3, 0.4) is 0 Å².